The lowest BCUT2D eigenvalue weighted by atomic mass is 10.2. The van der Waals surface area contributed by atoms with Gasteiger partial charge in [-0.2, -0.15) is 0 Å². The highest BCUT2D eigenvalue weighted by Crippen LogP contribution is 2.23. The zero-order valence-electron chi connectivity index (χ0n) is 10.8. The summed E-state index contributed by atoms with van der Waals surface area (Å²) in [5.41, 5.74) is 2.37. The van der Waals surface area contributed by atoms with Gasteiger partial charge in [0.2, 0.25) is 0 Å². The first-order valence-corrected chi connectivity index (χ1v) is 7.26. The Hall–Kier alpha value is -1.85. The number of benzene rings is 1. The van der Waals surface area contributed by atoms with E-state index in [0.29, 0.717) is 12.1 Å². The van der Waals surface area contributed by atoms with E-state index >= 15 is 0 Å². The molecule has 3 aromatic rings. The lowest BCUT2D eigenvalue weighted by Gasteiger charge is -2.16. The van der Waals surface area contributed by atoms with Crippen molar-refractivity contribution in [3.8, 4) is 0 Å². The van der Waals surface area contributed by atoms with E-state index < -0.39 is 0 Å². The molecule has 0 saturated carbocycles. The molecule has 4 nitrogen and oxygen atoms in total. The molecule has 0 aliphatic heterocycles. The van der Waals surface area contributed by atoms with Gasteiger partial charge in [0.1, 0.15) is 0 Å². The zero-order chi connectivity index (χ0) is 14.1. The molecule has 0 aliphatic carbocycles. The first kappa shape index (κ1) is 13.1. The summed E-state index contributed by atoms with van der Waals surface area (Å²) in [6.07, 6.45) is 1.62. The van der Waals surface area contributed by atoms with Crippen LogP contribution in [0.3, 0.4) is 0 Å². The van der Waals surface area contributed by atoms with E-state index in [9.17, 15) is 4.79 Å². The maximum atomic E-state index is 12.4. The molecule has 0 unspecified atom stereocenters. The maximum Gasteiger partial charge on any atom is 0.253 e. The van der Waals surface area contributed by atoms with Crippen LogP contribution in [-0.4, -0.2) is 27.8 Å². The Kier molecular flexibility index (Phi) is 3.46. The van der Waals surface area contributed by atoms with Crippen molar-refractivity contribution in [3.05, 3.63) is 51.4 Å². The molecule has 0 radical (unpaired) electrons. The number of rotatable bonds is 3. The maximum absolute atomic E-state index is 12.4. The van der Waals surface area contributed by atoms with E-state index in [0.717, 1.165) is 20.2 Å². The fraction of sp³-hybridized carbons (Fsp3) is 0.143. The monoisotopic (exact) mass is 305 g/mol. The number of fused-ring (bicyclic) bond motifs is 1. The van der Waals surface area contributed by atoms with Crippen molar-refractivity contribution in [3.63, 3.8) is 0 Å². The van der Waals surface area contributed by atoms with Crippen LogP contribution in [0.15, 0.2) is 36.7 Å². The van der Waals surface area contributed by atoms with Crippen LogP contribution < -0.4 is 0 Å². The predicted molar refractivity (Wildman–Crippen MR) is 81.2 cm³/mol. The van der Waals surface area contributed by atoms with E-state index in [4.69, 9.17) is 11.6 Å². The third-order valence-corrected chi connectivity index (χ3v) is 4.25. The minimum absolute atomic E-state index is 0.0222. The van der Waals surface area contributed by atoms with Crippen LogP contribution >= 0.6 is 22.9 Å². The topological polar surface area (TPSA) is 49.0 Å². The van der Waals surface area contributed by atoms with E-state index in [2.05, 4.69) is 9.97 Å². The summed E-state index contributed by atoms with van der Waals surface area (Å²) in [6, 6.07) is 9.24. The lowest BCUT2D eigenvalue weighted by Crippen LogP contribution is -2.25. The molecule has 0 bridgehead atoms. The highest BCUT2D eigenvalue weighted by Gasteiger charge is 2.13. The van der Waals surface area contributed by atoms with Gasteiger partial charge in [0.25, 0.3) is 5.91 Å². The summed E-state index contributed by atoms with van der Waals surface area (Å²) < 4.78 is 0.736. The number of nitrogens with zero attached hydrogens (tertiary/aromatic N) is 2. The molecule has 102 valence electrons. The van der Waals surface area contributed by atoms with E-state index in [1.807, 2.05) is 24.3 Å². The molecule has 0 saturated heterocycles. The molecule has 1 amide bonds. The Morgan fingerprint density at radius 3 is 3.00 bits per heavy atom. The average molecular weight is 306 g/mol. The van der Waals surface area contributed by atoms with E-state index in [-0.39, 0.29) is 5.91 Å². The highest BCUT2D eigenvalue weighted by atomic mass is 35.5. The lowest BCUT2D eigenvalue weighted by molar-refractivity contribution is 0.0786. The fourth-order valence-corrected chi connectivity index (χ4v) is 3.17. The van der Waals surface area contributed by atoms with Gasteiger partial charge < -0.3 is 9.88 Å². The smallest absolute Gasteiger partial charge is 0.253 e. The number of nitrogens with one attached hydrogen (secondary N) is 1. The first-order chi connectivity index (χ1) is 9.63. The second-order valence-electron chi connectivity index (χ2n) is 4.50. The predicted octanol–water partition coefficient (Wildman–Crippen LogP) is 3.55. The first-order valence-electron chi connectivity index (χ1n) is 6.06. The number of carbonyl (C=O) groups excluding carboxylic acids is 1. The van der Waals surface area contributed by atoms with Crippen LogP contribution in [0.25, 0.3) is 11.0 Å². The Morgan fingerprint density at radius 2 is 2.25 bits per heavy atom. The van der Waals surface area contributed by atoms with Crippen molar-refractivity contribution < 1.29 is 4.79 Å². The normalized spacial score (nSPS) is 10.9. The molecule has 6 heteroatoms. The molecule has 0 spiro atoms. The molecule has 3 rings (SSSR count). The van der Waals surface area contributed by atoms with Crippen LogP contribution in [0, 0.1) is 0 Å². The number of H-pyrrole nitrogens is 1. The van der Waals surface area contributed by atoms with E-state index in [1.165, 1.54) is 11.3 Å². The van der Waals surface area contributed by atoms with Gasteiger partial charge in [-0.25, -0.2) is 4.98 Å². The van der Waals surface area contributed by atoms with Gasteiger partial charge in [-0.1, -0.05) is 11.6 Å². The summed E-state index contributed by atoms with van der Waals surface area (Å²) in [4.78, 5) is 22.3. The molecular formula is C14H12ClN3OS. The van der Waals surface area contributed by atoms with Crippen LogP contribution in [0.2, 0.25) is 4.34 Å². The Morgan fingerprint density at radius 1 is 1.40 bits per heavy atom. The van der Waals surface area contributed by atoms with Crippen molar-refractivity contribution >= 4 is 39.9 Å². The quantitative estimate of drug-likeness (QED) is 0.804. The number of aromatic amines is 1. The molecule has 0 atom stereocenters. The third kappa shape index (κ3) is 2.55. The summed E-state index contributed by atoms with van der Waals surface area (Å²) in [7, 11) is 1.78. The SMILES string of the molecule is CN(Cc1ccc(Cl)s1)C(=O)c1ccc2nc[nH]c2c1. The fourth-order valence-electron chi connectivity index (χ4n) is 2.03. The van der Waals surface area contributed by atoms with Gasteiger partial charge in [0.15, 0.2) is 0 Å². The Balaban J connectivity index is 1.80. The van der Waals surface area contributed by atoms with Gasteiger partial charge >= 0.3 is 0 Å². The van der Waals surface area contributed by atoms with Crippen molar-refractivity contribution in [1.82, 2.24) is 14.9 Å². The zero-order valence-corrected chi connectivity index (χ0v) is 12.3. The molecule has 0 aliphatic rings. The number of imidazole rings is 1. The van der Waals surface area contributed by atoms with Crippen molar-refractivity contribution in [1.29, 1.82) is 0 Å². The largest absolute Gasteiger partial charge is 0.345 e. The van der Waals surface area contributed by atoms with Gasteiger partial charge in [0, 0.05) is 17.5 Å². The molecule has 0 fully saturated rings. The van der Waals surface area contributed by atoms with Crippen LogP contribution in [-0.2, 0) is 6.54 Å². The molecule has 2 aromatic heterocycles. The van der Waals surface area contributed by atoms with Crippen molar-refractivity contribution in [2.24, 2.45) is 0 Å². The number of amides is 1. The molecule has 20 heavy (non-hydrogen) atoms. The third-order valence-electron chi connectivity index (χ3n) is 3.04. The number of halogens is 1. The average Bonchev–Trinajstić information content (AvgIpc) is 3.05. The van der Waals surface area contributed by atoms with Crippen LogP contribution in [0.1, 0.15) is 15.2 Å². The standard InChI is InChI=1S/C14H12ClN3OS/c1-18(7-10-3-5-13(15)20-10)14(19)9-2-4-11-12(6-9)17-8-16-11/h2-6,8H,7H2,1H3,(H,16,17). The molecular weight excluding hydrogens is 294 g/mol. The highest BCUT2D eigenvalue weighted by molar-refractivity contribution is 7.16. The van der Waals surface area contributed by atoms with Crippen LogP contribution in [0.4, 0.5) is 0 Å². The number of aromatic nitrogens is 2. The summed E-state index contributed by atoms with van der Waals surface area (Å²) in [6.45, 7) is 0.553. The molecule has 2 heterocycles. The summed E-state index contributed by atoms with van der Waals surface area (Å²) in [5.74, 6) is -0.0222. The molecule has 1 aromatic carbocycles. The van der Waals surface area contributed by atoms with Gasteiger partial charge in [-0.05, 0) is 30.3 Å². The minimum Gasteiger partial charge on any atom is -0.345 e. The number of thiophene rings is 1. The molecule has 1 N–H and O–H groups in total. The van der Waals surface area contributed by atoms with E-state index in [1.54, 1.807) is 24.3 Å². The Bertz CT molecular complexity index is 764. The second-order valence-corrected chi connectivity index (χ2v) is 6.30. The number of hydrogen-bond acceptors (Lipinski definition) is 3. The number of hydrogen-bond donors (Lipinski definition) is 1. The number of carbonyl (C=O) groups is 1. The summed E-state index contributed by atoms with van der Waals surface area (Å²) >= 11 is 7.39. The van der Waals surface area contributed by atoms with Gasteiger partial charge in [-0.15, -0.1) is 11.3 Å². The van der Waals surface area contributed by atoms with Crippen molar-refractivity contribution in [2.45, 2.75) is 6.54 Å². The minimum atomic E-state index is -0.0222. The van der Waals surface area contributed by atoms with Crippen LogP contribution in [0.5, 0.6) is 0 Å². The Labute approximate surface area is 125 Å². The summed E-state index contributed by atoms with van der Waals surface area (Å²) in [5, 5.41) is 0. The van der Waals surface area contributed by atoms with Gasteiger partial charge in [-0.3, -0.25) is 4.79 Å². The second kappa shape index (κ2) is 5.26. The van der Waals surface area contributed by atoms with Gasteiger partial charge in [0.05, 0.1) is 28.2 Å². The van der Waals surface area contributed by atoms with Crippen molar-refractivity contribution in [2.75, 3.05) is 7.05 Å².